The first kappa shape index (κ1) is 8.20. The molecule has 2 N–H and O–H groups in total. The lowest BCUT2D eigenvalue weighted by atomic mass is 9.79. The van der Waals surface area contributed by atoms with E-state index >= 15 is 0 Å². The van der Waals surface area contributed by atoms with Crippen molar-refractivity contribution >= 4 is 5.78 Å². The molecule has 2 rings (SSSR count). The van der Waals surface area contributed by atoms with E-state index in [-0.39, 0.29) is 11.5 Å². The molecule has 3 nitrogen and oxygen atoms in total. The number of hydrogen-bond acceptors (Lipinski definition) is 3. The van der Waals surface area contributed by atoms with E-state index in [9.17, 15) is 4.79 Å². The molecule has 12 heavy (non-hydrogen) atoms. The van der Waals surface area contributed by atoms with Crippen LogP contribution in [0.5, 0.6) is 0 Å². The molecule has 0 bridgehead atoms. The standard InChI is InChI=1S/C9H15NO2/c1-9(5-12-4-7(9)10)8(11)6-2-3-6/h6-7H,2-5,10H2,1H3. The molecular weight excluding hydrogens is 154 g/mol. The molecule has 3 heteroatoms. The van der Waals surface area contributed by atoms with E-state index in [1.165, 1.54) is 0 Å². The number of carbonyl (C=O) groups is 1. The van der Waals surface area contributed by atoms with Crippen LogP contribution >= 0.6 is 0 Å². The van der Waals surface area contributed by atoms with Gasteiger partial charge >= 0.3 is 0 Å². The topological polar surface area (TPSA) is 52.3 Å². The maximum absolute atomic E-state index is 11.8. The van der Waals surface area contributed by atoms with E-state index in [4.69, 9.17) is 10.5 Å². The molecule has 1 saturated heterocycles. The lowest BCUT2D eigenvalue weighted by Crippen LogP contribution is -2.45. The summed E-state index contributed by atoms with van der Waals surface area (Å²) < 4.78 is 5.23. The molecule has 68 valence electrons. The Kier molecular flexibility index (Phi) is 1.73. The minimum absolute atomic E-state index is 0.0920. The molecule has 2 atom stereocenters. The van der Waals surface area contributed by atoms with Crippen molar-refractivity contribution in [1.82, 2.24) is 0 Å². The number of hydrogen-bond donors (Lipinski definition) is 1. The Balaban J connectivity index is 2.12. The predicted molar refractivity (Wildman–Crippen MR) is 44.6 cm³/mol. The van der Waals surface area contributed by atoms with E-state index in [2.05, 4.69) is 0 Å². The highest BCUT2D eigenvalue weighted by atomic mass is 16.5. The fraction of sp³-hybridized carbons (Fsp3) is 0.889. The average Bonchev–Trinajstić information content (AvgIpc) is 2.81. The van der Waals surface area contributed by atoms with Crippen molar-refractivity contribution < 1.29 is 9.53 Å². The first-order chi connectivity index (χ1) is 5.64. The average molecular weight is 169 g/mol. The molecule has 0 spiro atoms. The van der Waals surface area contributed by atoms with Crippen LogP contribution in [0.1, 0.15) is 19.8 Å². The lowest BCUT2D eigenvalue weighted by molar-refractivity contribution is -0.129. The third-order valence-electron chi connectivity index (χ3n) is 3.03. The van der Waals surface area contributed by atoms with Crippen molar-refractivity contribution in [2.75, 3.05) is 13.2 Å². The summed E-state index contributed by atoms with van der Waals surface area (Å²) in [5, 5.41) is 0. The smallest absolute Gasteiger partial charge is 0.145 e. The molecule has 1 saturated carbocycles. The van der Waals surface area contributed by atoms with Gasteiger partial charge in [-0.05, 0) is 19.8 Å². The Hall–Kier alpha value is -0.410. The third kappa shape index (κ3) is 1.08. The van der Waals surface area contributed by atoms with Gasteiger partial charge in [0.05, 0.1) is 18.6 Å². The molecule has 0 radical (unpaired) electrons. The molecule has 0 amide bonds. The number of Topliss-reactive ketones (excluding diaryl/α,β-unsaturated/α-hetero) is 1. The Morgan fingerprint density at radius 3 is 2.67 bits per heavy atom. The number of carbonyl (C=O) groups excluding carboxylic acids is 1. The Morgan fingerprint density at radius 1 is 1.58 bits per heavy atom. The zero-order chi connectivity index (χ0) is 8.77. The van der Waals surface area contributed by atoms with Gasteiger partial charge in [-0.25, -0.2) is 0 Å². The third-order valence-corrected chi connectivity index (χ3v) is 3.03. The zero-order valence-electron chi connectivity index (χ0n) is 7.38. The molecule has 1 aliphatic heterocycles. The highest BCUT2D eigenvalue weighted by molar-refractivity contribution is 5.89. The second kappa shape index (κ2) is 2.54. The van der Waals surface area contributed by atoms with Gasteiger partial charge in [-0.2, -0.15) is 0 Å². The largest absolute Gasteiger partial charge is 0.379 e. The summed E-state index contributed by atoms with van der Waals surface area (Å²) in [5.74, 6) is 0.621. The molecule has 2 aliphatic rings. The minimum atomic E-state index is -0.388. The van der Waals surface area contributed by atoms with Gasteiger partial charge in [0.1, 0.15) is 5.78 Å². The van der Waals surface area contributed by atoms with Gasteiger partial charge in [-0.15, -0.1) is 0 Å². The quantitative estimate of drug-likeness (QED) is 0.648. The van der Waals surface area contributed by atoms with E-state index in [1.54, 1.807) is 0 Å². The van der Waals surface area contributed by atoms with Crippen LogP contribution in [-0.2, 0) is 9.53 Å². The Morgan fingerprint density at radius 2 is 2.25 bits per heavy atom. The monoisotopic (exact) mass is 169 g/mol. The molecule has 0 aromatic heterocycles. The fourth-order valence-corrected chi connectivity index (χ4v) is 1.75. The summed E-state index contributed by atoms with van der Waals surface area (Å²) in [4.78, 5) is 11.8. The first-order valence-corrected chi connectivity index (χ1v) is 4.52. The van der Waals surface area contributed by atoms with Crippen molar-refractivity contribution in [3.8, 4) is 0 Å². The van der Waals surface area contributed by atoms with Gasteiger partial charge in [-0.1, -0.05) is 0 Å². The highest BCUT2D eigenvalue weighted by Gasteiger charge is 2.49. The maximum Gasteiger partial charge on any atom is 0.145 e. The van der Waals surface area contributed by atoms with Crippen LogP contribution < -0.4 is 5.73 Å². The SMILES string of the molecule is CC1(C(=O)C2CC2)COCC1N. The summed E-state index contributed by atoms with van der Waals surface area (Å²) in [6, 6.07) is -0.0920. The second-order valence-corrected chi connectivity index (χ2v) is 4.18. The molecule has 1 heterocycles. The first-order valence-electron chi connectivity index (χ1n) is 4.52. The molecule has 2 unspecified atom stereocenters. The van der Waals surface area contributed by atoms with E-state index in [0.29, 0.717) is 24.9 Å². The normalized spacial score (nSPS) is 41.7. The summed E-state index contributed by atoms with van der Waals surface area (Å²) in [7, 11) is 0. The molecular formula is C9H15NO2. The van der Waals surface area contributed by atoms with Crippen molar-refractivity contribution in [2.45, 2.75) is 25.8 Å². The molecule has 0 aromatic carbocycles. The van der Waals surface area contributed by atoms with Gasteiger partial charge in [0.15, 0.2) is 0 Å². The highest BCUT2D eigenvalue weighted by Crippen LogP contribution is 2.40. The minimum Gasteiger partial charge on any atom is -0.379 e. The fourth-order valence-electron chi connectivity index (χ4n) is 1.75. The Bertz CT molecular complexity index is 213. The summed E-state index contributed by atoms with van der Waals surface area (Å²) in [6.45, 7) is 2.99. The molecule has 2 fully saturated rings. The van der Waals surface area contributed by atoms with Gasteiger partial charge in [0.25, 0.3) is 0 Å². The lowest BCUT2D eigenvalue weighted by Gasteiger charge is -2.24. The van der Waals surface area contributed by atoms with Crippen molar-refractivity contribution in [3.63, 3.8) is 0 Å². The van der Waals surface area contributed by atoms with Gasteiger partial charge < -0.3 is 10.5 Å². The van der Waals surface area contributed by atoms with Crippen LogP contribution in [-0.4, -0.2) is 25.0 Å². The summed E-state index contributed by atoms with van der Waals surface area (Å²) in [5.41, 5.74) is 5.45. The van der Waals surface area contributed by atoms with E-state index in [1.807, 2.05) is 6.92 Å². The van der Waals surface area contributed by atoms with Crippen molar-refractivity contribution in [2.24, 2.45) is 17.1 Å². The Labute approximate surface area is 72.3 Å². The van der Waals surface area contributed by atoms with E-state index < -0.39 is 0 Å². The van der Waals surface area contributed by atoms with Crippen LogP contribution in [0.25, 0.3) is 0 Å². The molecule has 1 aliphatic carbocycles. The van der Waals surface area contributed by atoms with Gasteiger partial charge in [0, 0.05) is 12.0 Å². The predicted octanol–water partition coefficient (Wildman–Crippen LogP) is 0.329. The zero-order valence-corrected chi connectivity index (χ0v) is 7.38. The summed E-state index contributed by atoms with van der Waals surface area (Å²) >= 11 is 0. The van der Waals surface area contributed by atoms with Crippen LogP contribution in [0, 0.1) is 11.3 Å². The second-order valence-electron chi connectivity index (χ2n) is 4.18. The van der Waals surface area contributed by atoms with Crippen LogP contribution in [0.15, 0.2) is 0 Å². The molecule has 0 aromatic rings. The number of nitrogens with two attached hydrogens (primary N) is 1. The number of ketones is 1. The number of rotatable bonds is 2. The van der Waals surface area contributed by atoms with Crippen molar-refractivity contribution in [3.05, 3.63) is 0 Å². The van der Waals surface area contributed by atoms with Crippen LogP contribution in [0.3, 0.4) is 0 Å². The maximum atomic E-state index is 11.8. The number of ether oxygens (including phenoxy) is 1. The van der Waals surface area contributed by atoms with Crippen LogP contribution in [0.2, 0.25) is 0 Å². The van der Waals surface area contributed by atoms with Crippen LogP contribution in [0.4, 0.5) is 0 Å². The van der Waals surface area contributed by atoms with Gasteiger partial charge in [-0.3, -0.25) is 4.79 Å². The summed E-state index contributed by atoms with van der Waals surface area (Å²) in [6.07, 6.45) is 2.11. The van der Waals surface area contributed by atoms with Crippen molar-refractivity contribution in [1.29, 1.82) is 0 Å². The van der Waals surface area contributed by atoms with E-state index in [0.717, 1.165) is 12.8 Å². The van der Waals surface area contributed by atoms with Gasteiger partial charge in [0.2, 0.25) is 0 Å².